The Hall–Kier alpha value is -2.32. The molecule has 8 heteroatoms. The average Bonchev–Trinajstić information content (AvgIpc) is 3.13. The maximum Gasteiger partial charge on any atom is 0.215 e. The van der Waals surface area contributed by atoms with Crippen LogP contribution < -0.4 is 9.46 Å². The van der Waals surface area contributed by atoms with E-state index in [9.17, 15) is 8.42 Å². The first-order valence-corrected chi connectivity index (χ1v) is 8.93. The minimum absolute atomic E-state index is 0.0737. The Morgan fingerprint density at radius 2 is 1.96 bits per heavy atom. The summed E-state index contributed by atoms with van der Waals surface area (Å²) in [7, 11) is -3.36. The first-order valence-electron chi connectivity index (χ1n) is 7.28. The van der Waals surface area contributed by atoms with Gasteiger partial charge in [0.15, 0.2) is 0 Å². The van der Waals surface area contributed by atoms with Crippen molar-refractivity contribution in [3.8, 4) is 5.75 Å². The van der Waals surface area contributed by atoms with Gasteiger partial charge in [0.1, 0.15) is 18.0 Å². The smallest absolute Gasteiger partial charge is 0.215 e. The lowest BCUT2D eigenvalue weighted by Crippen LogP contribution is -2.31. The molecule has 7 nitrogen and oxygen atoms in total. The molecule has 0 bridgehead atoms. The SMILES string of the molecule is O=S(=O)(CCOc1ccccc1)NCCn1ccn2nccc12. The fraction of sp³-hybridized carbons (Fsp3) is 0.267. The molecule has 0 aliphatic heterocycles. The Balaban J connectivity index is 1.44. The zero-order valence-electron chi connectivity index (χ0n) is 12.5. The number of benzene rings is 1. The van der Waals surface area contributed by atoms with Gasteiger partial charge in [-0.1, -0.05) is 18.2 Å². The van der Waals surface area contributed by atoms with Crippen LogP contribution in [0.25, 0.3) is 5.65 Å². The molecule has 0 atom stereocenters. The van der Waals surface area contributed by atoms with Crippen LogP contribution in [-0.4, -0.2) is 41.5 Å². The number of fused-ring (bicyclic) bond motifs is 1. The van der Waals surface area contributed by atoms with Crippen molar-refractivity contribution in [2.45, 2.75) is 6.54 Å². The van der Waals surface area contributed by atoms with E-state index >= 15 is 0 Å². The van der Waals surface area contributed by atoms with Gasteiger partial charge in [0.25, 0.3) is 0 Å². The van der Waals surface area contributed by atoms with Crippen molar-refractivity contribution in [3.05, 3.63) is 55.0 Å². The third-order valence-corrected chi connectivity index (χ3v) is 4.72. The summed E-state index contributed by atoms with van der Waals surface area (Å²) in [6.45, 7) is 0.986. The lowest BCUT2D eigenvalue weighted by Gasteiger charge is -2.09. The minimum atomic E-state index is -3.36. The van der Waals surface area contributed by atoms with Crippen LogP contribution in [0.15, 0.2) is 55.0 Å². The molecule has 0 radical (unpaired) electrons. The van der Waals surface area contributed by atoms with Gasteiger partial charge < -0.3 is 9.30 Å². The number of hydrogen-bond donors (Lipinski definition) is 1. The number of rotatable bonds is 8. The minimum Gasteiger partial charge on any atom is -0.492 e. The number of para-hydroxylation sites is 1. The molecule has 122 valence electrons. The van der Waals surface area contributed by atoms with Crippen molar-refractivity contribution in [3.63, 3.8) is 0 Å². The van der Waals surface area contributed by atoms with Gasteiger partial charge in [-0.25, -0.2) is 17.7 Å². The second-order valence-corrected chi connectivity index (χ2v) is 6.93. The summed E-state index contributed by atoms with van der Waals surface area (Å²) >= 11 is 0. The monoisotopic (exact) mass is 334 g/mol. The van der Waals surface area contributed by atoms with E-state index in [0.717, 1.165) is 5.65 Å². The number of nitrogens with one attached hydrogen (secondary N) is 1. The Bertz CT molecular complexity index is 855. The Labute approximate surface area is 134 Å². The molecule has 3 aromatic rings. The Morgan fingerprint density at radius 3 is 2.78 bits per heavy atom. The largest absolute Gasteiger partial charge is 0.492 e. The van der Waals surface area contributed by atoms with E-state index in [2.05, 4.69) is 9.82 Å². The summed E-state index contributed by atoms with van der Waals surface area (Å²) in [5.74, 6) is 0.591. The highest BCUT2D eigenvalue weighted by molar-refractivity contribution is 7.89. The molecule has 1 aromatic carbocycles. The Morgan fingerprint density at radius 1 is 1.13 bits per heavy atom. The lowest BCUT2D eigenvalue weighted by molar-refractivity contribution is 0.340. The number of aromatic nitrogens is 3. The molecule has 23 heavy (non-hydrogen) atoms. The number of sulfonamides is 1. The normalized spacial score (nSPS) is 11.8. The summed E-state index contributed by atoms with van der Waals surface area (Å²) in [5, 5.41) is 4.11. The van der Waals surface area contributed by atoms with Crippen molar-refractivity contribution in [2.75, 3.05) is 18.9 Å². The van der Waals surface area contributed by atoms with Crippen LogP contribution >= 0.6 is 0 Å². The van der Waals surface area contributed by atoms with Crippen molar-refractivity contribution < 1.29 is 13.2 Å². The van der Waals surface area contributed by atoms with Gasteiger partial charge >= 0.3 is 0 Å². The van der Waals surface area contributed by atoms with E-state index in [1.807, 2.05) is 41.2 Å². The maximum absolute atomic E-state index is 11.9. The van der Waals surface area contributed by atoms with Crippen molar-refractivity contribution in [1.29, 1.82) is 0 Å². The van der Waals surface area contributed by atoms with Crippen LogP contribution in [0.2, 0.25) is 0 Å². The molecule has 2 heterocycles. The molecule has 2 aromatic heterocycles. The average molecular weight is 334 g/mol. The van der Waals surface area contributed by atoms with Crippen molar-refractivity contribution >= 4 is 15.7 Å². The topological polar surface area (TPSA) is 77.6 Å². The highest BCUT2D eigenvalue weighted by Gasteiger charge is 2.10. The summed E-state index contributed by atoms with van der Waals surface area (Å²) < 4.78 is 35.6. The van der Waals surface area contributed by atoms with E-state index in [1.165, 1.54) is 0 Å². The van der Waals surface area contributed by atoms with Gasteiger partial charge in [-0.15, -0.1) is 0 Å². The summed E-state index contributed by atoms with van der Waals surface area (Å²) in [6.07, 6.45) is 5.41. The highest BCUT2D eigenvalue weighted by Crippen LogP contribution is 2.08. The standard InChI is InChI=1S/C15H18N4O3S/c20-23(21,13-12-22-14-4-2-1-3-5-14)17-8-9-18-10-11-19-15(18)6-7-16-19/h1-7,10-11,17H,8-9,12-13H2. The predicted octanol–water partition coefficient (Wildman–Crippen LogP) is 1.13. The van der Waals surface area contributed by atoms with Crippen LogP contribution in [0, 0.1) is 0 Å². The van der Waals surface area contributed by atoms with E-state index in [1.54, 1.807) is 22.8 Å². The van der Waals surface area contributed by atoms with Gasteiger partial charge in [-0.3, -0.25) is 0 Å². The molecule has 0 unspecified atom stereocenters. The molecule has 3 rings (SSSR count). The van der Waals surface area contributed by atoms with Crippen molar-refractivity contribution in [1.82, 2.24) is 18.9 Å². The summed E-state index contributed by atoms with van der Waals surface area (Å²) in [6, 6.07) is 11.0. The molecule has 0 fully saturated rings. The second-order valence-electron chi connectivity index (χ2n) is 5.00. The van der Waals surface area contributed by atoms with Gasteiger partial charge in [0, 0.05) is 31.5 Å². The van der Waals surface area contributed by atoms with Gasteiger partial charge in [0.05, 0.1) is 11.9 Å². The molecule has 0 aliphatic rings. The van der Waals surface area contributed by atoms with Gasteiger partial charge in [0.2, 0.25) is 10.0 Å². The zero-order valence-corrected chi connectivity index (χ0v) is 13.3. The van der Waals surface area contributed by atoms with Crippen LogP contribution in [0.5, 0.6) is 5.75 Å². The number of ether oxygens (including phenoxy) is 1. The van der Waals surface area contributed by atoms with Crippen LogP contribution in [0.3, 0.4) is 0 Å². The highest BCUT2D eigenvalue weighted by atomic mass is 32.2. The van der Waals surface area contributed by atoms with Crippen LogP contribution in [0.1, 0.15) is 0 Å². The first-order chi connectivity index (χ1) is 11.1. The third-order valence-electron chi connectivity index (χ3n) is 3.37. The predicted molar refractivity (Wildman–Crippen MR) is 86.9 cm³/mol. The third kappa shape index (κ3) is 4.11. The number of hydrogen-bond acceptors (Lipinski definition) is 4. The number of nitrogens with zero attached hydrogens (tertiary/aromatic N) is 3. The maximum atomic E-state index is 11.9. The molecule has 0 saturated heterocycles. The zero-order chi connectivity index (χ0) is 16.1. The first kappa shape index (κ1) is 15.6. The molecule has 1 N–H and O–H groups in total. The van der Waals surface area contributed by atoms with Crippen LogP contribution in [-0.2, 0) is 16.6 Å². The molecule has 0 saturated carbocycles. The lowest BCUT2D eigenvalue weighted by atomic mass is 10.3. The molecule has 0 amide bonds. The molecule has 0 spiro atoms. The van der Waals surface area contributed by atoms with Crippen LogP contribution in [0.4, 0.5) is 0 Å². The molecular weight excluding hydrogens is 316 g/mol. The van der Waals surface area contributed by atoms with Crippen molar-refractivity contribution in [2.24, 2.45) is 0 Å². The molecular formula is C15H18N4O3S. The molecule has 0 aliphatic carbocycles. The second kappa shape index (κ2) is 6.84. The summed E-state index contributed by atoms with van der Waals surface area (Å²) in [5.41, 5.74) is 0.927. The van der Waals surface area contributed by atoms with E-state index < -0.39 is 10.0 Å². The Kier molecular flexibility index (Phi) is 4.63. The van der Waals surface area contributed by atoms with Gasteiger partial charge in [-0.05, 0) is 12.1 Å². The number of imidazole rings is 1. The summed E-state index contributed by atoms with van der Waals surface area (Å²) in [4.78, 5) is 0. The van der Waals surface area contributed by atoms with Gasteiger partial charge in [-0.2, -0.15) is 5.10 Å². The fourth-order valence-electron chi connectivity index (χ4n) is 2.24. The fourth-order valence-corrected chi connectivity index (χ4v) is 3.09. The van der Waals surface area contributed by atoms with E-state index in [4.69, 9.17) is 4.74 Å². The van der Waals surface area contributed by atoms with E-state index in [-0.39, 0.29) is 12.4 Å². The quantitative estimate of drug-likeness (QED) is 0.670. The van der Waals surface area contributed by atoms with E-state index in [0.29, 0.717) is 18.8 Å².